The van der Waals surface area contributed by atoms with Gasteiger partial charge < -0.3 is 10.6 Å². The van der Waals surface area contributed by atoms with E-state index in [0.717, 1.165) is 17.8 Å². The number of anilines is 1. The van der Waals surface area contributed by atoms with Crippen molar-refractivity contribution in [3.05, 3.63) is 58.8 Å². The molecule has 0 fully saturated rings. The van der Waals surface area contributed by atoms with Crippen LogP contribution in [0.3, 0.4) is 0 Å². The van der Waals surface area contributed by atoms with E-state index in [-0.39, 0.29) is 6.04 Å². The van der Waals surface area contributed by atoms with Crippen LogP contribution in [0.4, 0.5) is 5.82 Å². The highest BCUT2D eigenvalue weighted by Crippen LogP contribution is 2.21. The minimum absolute atomic E-state index is 0.200. The second-order valence-electron chi connectivity index (χ2n) is 5.64. The van der Waals surface area contributed by atoms with E-state index in [0.29, 0.717) is 5.11 Å². The zero-order valence-corrected chi connectivity index (χ0v) is 14.4. The molecule has 2 rings (SSSR count). The molecule has 0 aliphatic carbocycles. The summed E-state index contributed by atoms with van der Waals surface area (Å²) >= 11 is 5.42. The van der Waals surface area contributed by atoms with E-state index in [4.69, 9.17) is 12.2 Å². The van der Waals surface area contributed by atoms with Crippen LogP contribution in [0, 0.1) is 20.8 Å². The number of aryl methyl sites for hydroxylation is 3. The van der Waals surface area contributed by atoms with Gasteiger partial charge in [0.1, 0.15) is 5.82 Å². The summed E-state index contributed by atoms with van der Waals surface area (Å²) in [4.78, 5) is 4.31. The van der Waals surface area contributed by atoms with Gasteiger partial charge in [-0.15, -0.1) is 0 Å². The average Bonchev–Trinajstić information content (AvgIpc) is 2.48. The van der Waals surface area contributed by atoms with Crippen LogP contribution in [0.15, 0.2) is 36.5 Å². The number of benzene rings is 1. The topological polar surface area (TPSA) is 37.0 Å². The summed E-state index contributed by atoms with van der Waals surface area (Å²) in [5.74, 6) is 0.763. The Morgan fingerprint density at radius 3 is 2.45 bits per heavy atom. The van der Waals surface area contributed by atoms with E-state index in [1.165, 1.54) is 16.7 Å². The van der Waals surface area contributed by atoms with E-state index < -0.39 is 0 Å². The number of hydrogen-bond acceptors (Lipinski definition) is 2. The van der Waals surface area contributed by atoms with E-state index in [1.54, 1.807) is 0 Å². The van der Waals surface area contributed by atoms with Gasteiger partial charge in [0.05, 0.1) is 6.04 Å². The van der Waals surface area contributed by atoms with Gasteiger partial charge in [-0.2, -0.15) is 0 Å². The van der Waals surface area contributed by atoms with Crippen LogP contribution >= 0.6 is 12.2 Å². The van der Waals surface area contributed by atoms with Gasteiger partial charge in [-0.1, -0.05) is 36.8 Å². The molecular weight excluding hydrogens is 290 g/mol. The zero-order chi connectivity index (χ0) is 16.1. The molecule has 0 radical (unpaired) electrons. The third kappa shape index (κ3) is 4.28. The summed E-state index contributed by atoms with van der Waals surface area (Å²) in [5, 5.41) is 7.13. The van der Waals surface area contributed by atoms with Gasteiger partial charge in [-0.05, 0) is 62.2 Å². The molecule has 0 amide bonds. The van der Waals surface area contributed by atoms with Crippen LogP contribution in [-0.4, -0.2) is 10.1 Å². The molecule has 1 aromatic heterocycles. The van der Waals surface area contributed by atoms with Crippen molar-refractivity contribution in [2.24, 2.45) is 0 Å². The van der Waals surface area contributed by atoms with Crippen molar-refractivity contribution in [1.29, 1.82) is 0 Å². The van der Waals surface area contributed by atoms with Crippen molar-refractivity contribution in [2.75, 3.05) is 5.32 Å². The molecule has 1 atom stereocenters. The van der Waals surface area contributed by atoms with Crippen molar-refractivity contribution in [1.82, 2.24) is 10.3 Å². The second kappa shape index (κ2) is 7.36. The smallest absolute Gasteiger partial charge is 0.172 e. The summed E-state index contributed by atoms with van der Waals surface area (Å²) in [7, 11) is 0. The maximum Gasteiger partial charge on any atom is 0.172 e. The Morgan fingerprint density at radius 1 is 1.14 bits per heavy atom. The van der Waals surface area contributed by atoms with E-state index in [9.17, 15) is 0 Å². The summed E-state index contributed by atoms with van der Waals surface area (Å²) in [6.07, 6.45) is 2.79. The minimum atomic E-state index is 0.200. The molecule has 4 heteroatoms. The first kappa shape index (κ1) is 16.4. The maximum absolute atomic E-state index is 5.42. The van der Waals surface area contributed by atoms with Crippen molar-refractivity contribution >= 4 is 23.1 Å². The lowest BCUT2D eigenvalue weighted by atomic mass is 9.98. The van der Waals surface area contributed by atoms with Crippen LogP contribution in [0.5, 0.6) is 0 Å². The minimum Gasteiger partial charge on any atom is -0.356 e. The van der Waals surface area contributed by atoms with Gasteiger partial charge in [0.2, 0.25) is 0 Å². The molecule has 1 aromatic carbocycles. The predicted octanol–water partition coefficient (Wildman–Crippen LogP) is 4.44. The zero-order valence-electron chi connectivity index (χ0n) is 13.6. The molecule has 0 saturated carbocycles. The Bertz CT molecular complexity index is 650. The molecule has 22 heavy (non-hydrogen) atoms. The van der Waals surface area contributed by atoms with Crippen LogP contribution in [0.1, 0.15) is 41.6 Å². The number of hydrogen-bond donors (Lipinski definition) is 2. The molecule has 0 saturated heterocycles. The Morgan fingerprint density at radius 2 is 1.86 bits per heavy atom. The van der Waals surface area contributed by atoms with E-state index >= 15 is 0 Å². The van der Waals surface area contributed by atoms with Crippen molar-refractivity contribution in [3.8, 4) is 0 Å². The van der Waals surface area contributed by atoms with Gasteiger partial charge in [-0.3, -0.25) is 0 Å². The van der Waals surface area contributed by atoms with Crippen molar-refractivity contribution < 1.29 is 0 Å². The summed E-state index contributed by atoms with van der Waals surface area (Å²) in [6.45, 7) is 8.43. The highest BCUT2D eigenvalue weighted by atomic mass is 32.1. The van der Waals surface area contributed by atoms with Crippen molar-refractivity contribution in [3.63, 3.8) is 0 Å². The highest BCUT2D eigenvalue weighted by Gasteiger charge is 2.13. The third-order valence-electron chi connectivity index (χ3n) is 3.67. The number of thiocarbonyl (C=S) groups is 1. The Balaban J connectivity index is 2.06. The van der Waals surface area contributed by atoms with Gasteiger partial charge in [0, 0.05) is 6.20 Å². The monoisotopic (exact) mass is 313 g/mol. The lowest BCUT2D eigenvalue weighted by Gasteiger charge is -2.21. The van der Waals surface area contributed by atoms with Crippen LogP contribution in [0.25, 0.3) is 0 Å². The van der Waals surface area contributed by atoms with Gasteiger partial charge >= 0.3 is 0 Å². The predicted molar refractivity (Wildman–Crippen MR) is 97.3 cm³/mol. The molecule has 116 valence electrons. The fraction of sp³-hybridized carbons (Fsp3) is 0.333. The molecule has 3 nitrogen and oxygen atoms in total. The number of nitrogens with zero attached hydrogens (tertiary/aromatic N) is 1. The largest absolute Gasteiger partial charge is 0.356 e. The first-order valence-electron chi connectivity index (χ1n) is 7.57. The normalized spacial score (nSPS) is 11.8. The maximum atomic E-state index is 5.42. The third-order valence-corrected chi connectivity index (χ3v) is 3.89. The highest BCUT2D eigenvalue weighted by molar-refractivity contribution is 7.80. The first-order chi connectivity index (χ1) is 10.5. The first-order valence-corrected chi connectivity index (χ1v) is 7.97. The van der Waals surface area contributed by atoms with Crippen LogP contribution in [-0.2, 0) is 0 Å². The van der Waals surface area contributed by atoms with E-state index in [1.807, 2.05) is 25.3 Å². The standard InChI is InChI=1S/C18H23N3S/c1-5-16(15-8-6-12(2)10-14(15)4)20-18(22)21-17-9-7-13(3)11-19-17/h6-11,16H,5H2,1-4H3,(H2,19,20,21,22). The summed E-state index contributed by atoms with van der Waals surface area (Å²) < 4.78 is 0. The molecule has 0 bridgehead atoms. The fourth-order valence-electron chi connectivity index (χ4n) is 2.47. The van der Waals surface area contributed by atoms with Crippen LogP contribution in [0.2, 0.25) is 0 Å². The van der Waals surface area contributed by atoms with Gasteiger partial charge in [0.25, 0.3) is 0 Å². The van der Waals surface area contributed by atoms with Crippen LogP contribution < -0.4 is 10.6 Å². The number of nitrogens with one attached hydrogen (secondary N) is 2. The molecular formula is C18H23N3S. The van der Waals surface area contributed by atoms with Gasteiger partial charge in [-0.25, -0.2) is 4.98 Å². The Hall–Kier alpha value is -1.94. The Labute approximate surface area is 138 Å². The summed E-state index contributed by atoms with van der Waals surface area (Å²) in [6, 6.07) is 10.7. The SMILES string of the molecule is CCC(NC(=S)Nc1ccc(C)cn1)c1ccc(C)cc1C. The number of aromatic nitrogens is 1. The molecule has 0 aliphatic heterocycles. The fourth-order valence-corrected chi connectivity index (χ4v) is 2.72. The van der Waals surface area contributed by atoms with Gasteiger partial charge in [0.15, 0.2) is 5.11 Å². The van der Waals surface area contributed by atoms with E-state index in [2.05, 4.69) is 54.6 Å². The molecule has 2 N–H and O–H groups in total. The lowest BCUT2D eigenvalue weighted by molar-refractivity contribution is 0.625. The molecule has 0 spiro atoms. The Kier molecular flexibility index (Phi) is 5.50. The molecule has 2 aromatic rings. The summed E-state index contributed by atoms with van der Waals surface area (Å²) in [5.41, 5.74) is 4.98. The molecule has 1 unspecified atom stereocenters. The quantitative estimate of drug-likeness (QED) is 0.818. The van der Waals surface area contributed by atoms with Crippen molar-refractivity contribution in [2.45, 2.75) is 40.2 Å². The number of rotatable bonds is 4. The number of pyridine rings is 1. The molecule has 0 aliphatic rings. The lowest BCUT2D eigenvalue weighted by Crippen LogP contribution is -2.32. The molecule has 1 heterocycles. The average molecular weight is 313 g/mol. The second-order valence-corrected chi connectivity index (χ2v) is 6.05.